The Morgan fingerprint density at radius 1 is 0.444 bits per heavy atom. The number of esters is 1. The maximum atomic E-state index is 13.5. The van der Waals surface area contributed by atoms with Crippen molar-refractivity contribution in [3.8, 4) is 0 Å². The molecule has 0 aliphatic carbocycles. The van der Waals surface area contributed by atoms with Crippen LogP contribution in [0.2, 0.25) is 0 Å². The summed E-state index contributed by atoms with van der Waals surface area (Å²) in [6.07, 6.45) is 79.8. The minimum atomic E-state index is -4.71. The van der Waals surface area contributed by atoms with Crippen LogP contribution in [0.25, 0.3) is 0 Å². The highest BCUT2D eigenvalue weighted by Crippen LogP contribution is 2.38. The maximum absolute atomic E-state index is 13.5. The Balaban J connectivity index is 5.11. The van der Waals surface area contributed by atoms with Crippen LogP contribution in [0.1, 0.15) is 303 Å². The quantitative estimate of drug-likeness (QED) is 0.0161. The Morgan fingerprint density at radius 2 is 0.790 bits per heavy atom. The fraction of sp³-hybridized carbons (Fsp3) is 0.775. The van der Waals surface area contributed by atoms with Gasteiger partial charge in [0.15, 0.2) is 0 Å². The lowest BCUT2D eigenvalue weighted by atomic mass is 10.0. The van der Waals surface area contributed by atoms with Gasteiger partial charge in [-0.2, -0.15) is 0 Å². The standard InChI is InChI=1S/C71H129N2O7P/c1-7-10-13-16-19-22-25-28-30-31-32-33-34-35-36-37-38-39-40-41-43-46-49-52-55-58-61-64-71(75)80-69(62-59-56-53-50-47-44-27-24-21-18-15-12-9-3)68(67-79-81(76,77)78-66-65-73(4,5)6)72-70(74)63-60-57-54-51-48-45-42-29-26-23-20-17-14-11-8-2/h19-20,22-23,26,28-30,32-33,35-36,59,62,68-69H,7-18,21,24-25,27,31,34,37-58,60-61,63-67H2,1-6H3,(H-,72,74,76,77)/b22-19-,23-20+,29-26+,30-28-,33-32-,36-35-,62-59-. The molecule has 3 atom stereocenters. The molecule has 0 spiro atoms. The zero-order valence-electron chi connectivity index (χ0n) is 53.7. The smallest absolute Gasteiger partial charge is 0.306 e. The van der Waals surface area contributed by atoms with E-state index in [1.807, 2.05) is 33.3 Å². The van der Waals surface area contributed by atoms with Gasteiger partial charge in [-0.3, -0.25) is 14.2 Å². The first kappa shape index (κ1) is 78.2. The summed E-state index contributed by atoms with van der Waals surface area (Å²) in [4.78, 5) is 40.1. The first-order valence-corrected chi connectivity index (χ1v) is 35.4. The van der Waals surface area contributed by atoms with Crippen molar-refractivity contribution in [3.63, 3.8) is 0 Å². The summed E-state index contributed by atoms with van der Waals surface area (Å²) < 4.78 is 30.4. The molecular weight excluding hydrogens is 1020 g/mol. The summed E-state index contributed by atoms with van der Waals surface area (Å²) in [7, 11) is 1.17. The summed E-state index contributed by atoms with van der Waals surface area (Å²) in [5, 5.41) is 3.03. The van der Waals surface area contributed by atoms with Gasteiger partial charge in [0.05, 0.1) is 33.8 Å². The lowest BCUT2D eigenvalue weighted by molar-refractivity contribution is -0.870. The van der Waals surface area contributed by atoms with E-state index in [0.717, 1.165) is 116 Å². The molecule has 10 heteroatoms. The summed E-state index contributed by atoms with van der Waals surface area (Å²) >= 11 is 0. The molecule has 470 valence electrons. The number of allylic oxidation sites excluding steroid dienone is 13. The molecule has 3 unspecified atom stereocenters. The first-order valence-electron chi connectivity index (χ1n) is 33.9. The SMILES string of the molecule is CCCCC/C=C\C/C=C\C/C=C\C/C=C\CCCCCCCCCCCCCC(=O)OC(/C=C\CCCCCCCCCCCCC)C(COP(=O)([O-])OCC[N+](C)(C)C)NC(=O)CCCCCCCC/C=C/C=C/CCCCC. The van der Waals surface area contributed by atoms with E-state index in [1.165, 1.54) is 154 Å². The van der Waals surface area contributed by atoms with Crippen LogP contribution in [0.4, 0.5) is 0 Å². The van der Waals surface area contributed by atoms with Crippen molar-refractivity contribution >= 4 is 19.7 Å². The van der Waals surface area contributed by atoms with Gasteiger partial charge in [-0.15, -0.1) is 0 Å². The molecule has 0 saturated carbocycles. The molecule has 0 saturated heterocycles. The number of nitrogens with one attached hydrogen (secondary N) is 1. The second-order valence-electron chi connectivity index (χ2n) is 24.0. The molecule has 1 N–H and O–H groups in total. The number of hydrogen-bond donors (Lipinski definition) is 1. The zero-order valence-corrected chi connectivity index (χ0v) is 54.6. The number of likely N-dealkylation sites (N-methyl/N-ethyl adjacent to an activating group) is 1. The van der Waals surface area contributed by atoms with E-state index in [1.54, 1.807) is 0 Å². The Kier molecular flexibility index (Phi) is 58.2. The molecule has 9 nitrogen and oxygen atoms in total. The molecule has 0 aromatic carbocycles. The van der Waals surface area contributed by atoms with Gasteiger partial charge in [0.25, 0.3) is 7.82 Å². The lowest BCUT2D eigenvalue weighted by Gasteiger charge is -2.30. The molecule has 0 heterocycles. The van der Waals surface area contributed by atoms with E-state index in [4.69, 9.17) is 13.8 Å². The molecule has 0 aromatic rings. The number of phosphoric acid groups is 1. The van der Waals surface area contributed by atoms with Crippen LogP contribution in [0, 0.1) is 0 Å². The first-order chi connectivity index (χ1) is 39.4. The van der Waals surface area contributed by atoms with Gasteiger partial charge in [0.2, 0.25) is 5.91 Å². The average molecular weight is 1150 g/mol. The number of hydrogen-bond acceptors (Lipinski definition) is 7. The Labute approximate surface area is 501 Å². The Bertz CT molecular complexity index is 1660. The third kappa shape index (κ3) is 61.6. The van der Waals surface area contributed by atoms with Crippen molar-refractivity contribution in [2.45, 2.75) is 315 Å². The van der Waals surface area contributed by atoms with Crippen LogP contribution in [0.3, 0.4) is 0 Å². The highest BCUT2D eigenvalue weighted by molar-refractivity contribution is 7.45. The molecule has 0 rings (SSSR count). The number of amides is 1. The van der Waals surface area contributed by atoms with Crippen molar-refractivity contribution in [1.82, 2.24) is 5.32 Å². The molecule has 0 bridgehead atoms. The molecule has 1 amide bonds. The molecule has 0 aliphatic heterocycles. The fourth-order valence-electron chi connectivity index (χ4n) is 9.56. The Morgan fingerprint density at radius 3 is 1.22 bits per heavy atom. The Hall–Kier alpha value is -2.81. The number of quaternary nitrogens is 1. The van der Waals surface area contributed by atoms with Gasteiger partial charge in [-0.05, 0) is 102 Å². The topological polar surface area (TPSA) is 114 Å². The number of nitrogens with zero attached hydrogens (tertiary/aromatic N) is 1. The fourth-order valence-corrected chi connectivity index (χ4v) is 10.3. The van der Waals surface area contributed by atoms with Gasteiger partial charge in [0.1, 0.15) is 19.3 Å². The highest BCUT2D eigenvalue weighted by Gasteiger charge is 2.27. The minimum Gasteiger partial charge on any atom is -0.756 e. The highest BCUT2D eigenvalue weighted by atomic mass is 31.2. The third-order valence-corrected chi connectivity index (χ3v) is 15.8. The maximum Gasteiger partial charge on any atom is 0.306 e. The molecule has 0 aliphatic rings. The number of carbonyl (C=O) groups excluding carboxylic acids is 2. The van der Waals surface area contributed by atoms with Gasteiger partial charge >= 0.3 is 5.97 Å². The second kappa shape index (κ2) is 60.3. The van der Waals surface area contributed by atoms with Gasteiger partial charge < -0.3 is 28.5 Å². The van der Waals surface area contributed by atoms with E-state index >= 15 is 0 Å². The summed E-state index contributed by atoms with van der Waals surface area (Å²) in [6, 6.07) is -0.899. The van der Waals surface area contributed by atoms with E-state index in [2.05, 4.69) is 99.0 Å². The number of ether oxygens (including phenoxy) is 1. The van der Waals surface area contributed by atoms with E-state index in [0.29, 0.717) is 17.4 Å². The number of carbonyl (C=O) groups is 2. The normalized spacial score (nSPS) is 14.1. The van der Waals surface area contributed by atoms with Gasteiger partial charge in [0, 0.05) is 12.8 Å². The summed E-state index contributed by atoms with van der Waals surface area (Å²) in [6.45, 7) is 6.79. The monoisotopic (exact) mass is 1150 g/mol. The average Bonchev–Trinajstić information content (AvgIpc) is 3.44. The van der Waals surface area contributed by atoms with Crippen LogP contribution in [0.15, 0.2) is 85.1 Å². The summed E-state index contributed by atoms with van der Waals surface area (Å²) in [5.74, 6) is -0.554. The number of phosphoric ester groups is 1. The predicted octanol–water partition coefficient (Wildman–Crippen LogP) is 20.7. The van der Waals surface area contributed by atoms with Crippen molar-refractivity contribution in [1.29, 1.82) is 0 Å². The largest absolute Gasteiger partial charge is 0.756 e. The second-order valence-corrected chi connectivity index (χ2v) is 25.4. The molecule has 0 aromatic heterocycles. The molecule has 0 radical (unpaired) electrons. The van der Waals surface area contributed by atoms with E-state index in [9.17, 15) is 19.0 Å². The van der Waals surface area contributed by atoms with Crippen LogP contribution >= 0.6 is 7.82 Å². The molecular formula is C71H129N2O7P. The molecule has 0 fully saturated rings. The van der Waals surface area contributed by atoms with Crippen LogP contribution in [-0.4, -0.2) is 69.4 Å². The number of rotatable bonds is 61. The van der Waals surface area contributed by atoms with E-state index < -0.39 is 26.6 Å². The van der Waals surface area contributed by atoms with Gasteiger partial charge in [-0.25, -0.2) is 0 Å². The van der Waals surface area contributed by atoms with Crippen LogP contribution in [0.5, 0.6) is 0 Å². The lowest BCUT2D eigenvalue weighted by Crippen LogP contribution is -2.47. The van der Waals surface area contributed by atoms with Gasteiger partial charge in [-0.1, -0.05) is 273 Å². The summed E-state index contributed by atoms with van der Waals surface area (Å²) in [5.41, 5.74) is 0. The van der Waals surface area contributed by atoms with Crippen molar-refractivity contribution < 1.29 is 37.3 Å². The van der Waals surface area contributed by atoms with Crippen LogP contribution < -0.4 is 10.2 Å². The zero-order chi connectivity index (χ0) is 59.3. The van der Waals surface area contributed by atoms with E-state index in [-0.39, 0.29) is 24.9 Å². The van der Waals surface area contributed by atoms with Crippen LogP contribution in [-0.2, 0) is 27.9 Å². The minimum absolute atomic E-state index is 0.0277. The third-order valence-electron chi connectivity index (χ3n) is 14.8. The predicted molar refractivity (Wildman–Crippen MR) is 348 cm³/mol. The number of unbranched alkanes of at least 4 members (excludes halogenated alkanes) is 34. The molecule has 81 heavy (non-hydrogen) atoms. The van der Waals surface area contributed by atoms with Crippen molar-refractivity contribution in [3.05, 3.63) is 85.1 Å². The van der Waals surface area contributed by atoms with Crippen molar-refractivity contribution in [2.75, 3.05) is 40.9 Å². The van der Waals surface area contributed by atoms with Crippen molar-refractivity contribution in [2.24, 2.45) is 0 Å².